The monoisotopic (exact) mass is 771 g/mol. The second kappa shape index (κ2) is 16.0. The smallest absolute Gasteiger partial charge is 0.417 e. The molecule has 0 bridgehead atoms. The van der Waals surface area contributed by atoms with Crippen LogP contribution in [0.1, 0.15) is 66.0 Å². The summed E-state index contributed by atoms with van der Waals surface area (Å²) in [6, 6.07) is 11.4. The van der Waals surface area contributed by atoms with Crippen LogP contribution in [0.2, 0.25) is 0 Å². The number of carbonyl (C=O) groups is 3. The fourth-order valence-corrected chi connectivity index (χ4v) is 6.63. The molecule has 4 amide bonds. The number of nitrogen functional groups attached to an aromatic ring is 1. The van der Waals surface area contributed by atoms with Crippen LogP contribution in [0.3, 0.4) is 0 Å². The van der Waals surface area contributed by atoms with Crippen molar-refractivity contribution in [2.45, 2.75) is 52.4 Å². The van der Waals surface area contributed by atoms with Gasteiger partial charge in [-0.15, -0.1) is 0 Å². The van der Waals surface area contributed by atoms with Crippen LogP contribution in [0, 0.1) is 11.8 Å². The molecule has 13 nitrogen and oxygen atoms in total. The number of hydrogen-bond donors (Lipinski definition) is 3. The number of nitrogens with one attached hydrogen (secondary N) is 2. The second-order valence-corrected chi connectivity index (χ2v) is 14.6. The van der Waals surface area contributed by atoms with E-state index in [1.807, 2.05) is 9.47 Å². The molecule has 0 aliphatic carbocycles. The lowest BCUT2D eigenvalue weighted by Crippen LogP contribution is -2.45. The molecular weight excluding hydrogens is 727 g/mol. The molecule has 0 saturated carbocycles. The molecule has 4 N–H and O–H groups in total. The molecule has 2 aliphatic heterocycles. The van der Waals surface area contributed by atoms with Crippen LogP contribution >= 0.6 is 0 Å². The molecule has 1 saturated heterocycles. The minimum Gasteiger partial charge on any atom is -0.443 e. The number of aromatic nitrogens is 3. The zero-order valence-corrected chi connectivity index (χ0v) is 31.9. The van der Waals surface area contributed by atoms with Gasteiger partial charge in [0.1, 0.15) is 11.3 Å². The van der Waals surface area contributed by atoms with Crippen molar-refractivity contribution in [3.05, 3.63) is 88.2 Å². The van der Waals surface area contributed by atoms with E-state index in [4.69, 9.17) is 10.5 Å². The van der Waals surface area contributed by atoms with Gasteiger partial charge in [0, 0.05) is 81.6 Å². The van der Waals surface area contributed by atoms with E-state index >= 15 is 0 Å². The van der Waals surface area contributed by atoms with Crippen molar-refractivity contribution in [2.24, 2.45) is 7.05 Å². The fraction of sp³-hybridized carbons (Fsp3) is 0.375. The van der Waals surface area contributed by atoms with E-state index in [0.29, 0.717) is 53.3 Å². The first kappa shape index (κ1) is 39.8. The molecule has 4 heterocycles. The van der Waals surface area contributed by atoms with Gasteiger partial charge in [-0.25, -0.2) is 24.5 Å². The van der Waals surface area contributed by atoms with Gasteiger partial charge in [0.05, 0.1) is 22.4 Å². The summed E-state index contributed by atoms with van der Waals surface area (Å²) in [4.78, 5) is 52.8. The lowest BCUT2D eigenvalue weighted by molar-refractivity contribution is -0.138. The number of fused-ring (bicyclic) bond motifs is 1. The third kappa shape index (κ3) is 9.29. The number of nitrogens with zero attached hydrogens (tertiary/aromatic N) is 6. The Kier molecular flexibility index (Phi) is 11.4. The molecule has 2 aliphatic rings. The molecule has 2 aromatic carbocycles. The molecule has 0 radical (unpaired) electrons. The zero-order chi connectivity index (χ0) is 40.4. The maximum absolute atomic E-state index is 14.1. The summed E-state index contributed by atoms with van der Waals surface area (Å²) >= 11 is 0. The molecule has 56 heavy (non-hydrogen) atoms. The molecule has 294 valence electrons. The number of carbonyl (C=O) groups excluding carboxylic acids is 3. The molecule has 2 aromatic heterocycles. The van der Waals surface area contributed by atoms with Crippen molar-refractivity contribution in [3.63, 3.8) is 0 Å². The number of likely N-dealkylation sites (N-methyl/N-ethyl adjacent to an activating group) is 1. The third-order valence-electron chi connectivity index (χ3n) is 9.53. The highest BCUT2D eigenvalue weighted by Gasteiger charge is 2.36. The number of halogens is 3. The molecular formula is C40H44F3N9O4. The Hall–Kier alpha value is -5.92. The first-order valence-electron chi connectivity index (χ1n) is 18.2. The number of rotatable bonds is 6. The Balaban J connectivity index is 1.13. The number of anilines is 3. The Labute approximate surface area is 323 Å². The standard InChI is InChI=1S/C40H44F3N9O4/c1-6-50-17-19-51(20-18-50)24-27-11-14-29(21-31(27)40(41,42)43)47-37(54)46-28-12-8-25(9-13-28)7-10-26-23-45-36(44)48-34(26)33-22-30-32(49(33)5)15-16-52(35(30)53)38(55)56-39(2,3)4/h8-9,11-14,21-23H,6,15-20,24H2,1-5H3,(H2,44,45,48)(H2,46,47,54). The van der Waals surface area contributed by atoms with Gasteiger partial charge in [0.2, 0.25) is 5.95 Å². The number of piperazine rings is 1. The van der Waals surface area contributed by atoms with Crippen LogP contribution < -0.4 is 16.4 Å². The lowest BCUT2D eigenvalue weighted by atomic mass is 10.0. The van der Waals surface area contributed by atoms with E-state index in [9.17, 15) is 27.6 Å². The van der Waals surface area contributed by atoms with E-state index < -0.39 is 35.4 Å². The summed E-state index contributed by atoms with van der Waals surface area (Å²) in [5.41, 5.74) is 8.01. The van der Waals surface area contributed by atoms with Crippen molar-refractivity contribution >= 4 is 35.4 Å². The zero-order valence-electron chi connectivity index (χ0n) is 31.9. The molecule has 0 unspecified atom stereocenters. The SMILES string of the molecule is CCN1CCN(Cc2ccc(NC(=O)Nc3ccc(C#Cc4cnc(N)nc4-c4cc5c(n4C)CCN(C(=O)OC(C)(C)C)C5=O)cc3)cc2C(F)(F)F)CC1. The third-order valence-corrected chi connectivity index (χ3v) is 9.53. The molecule has 4 aromatic rings. The van der Waals surface area contributed by atoms with E-state index in [1.165, 1.54) is 18.3 Å². The van der Waals surface area contributed by atoms with Crippen molar-refractivity contribution in [1.82, 2.24) is 29.2 Å². The normalized spacial score (nSPS) is 15.1. The van der Waals surface area contributed by atoms with Gasteiger partial charge in [0.25, 0.3) is 5.91 Å². The number of urea groups is 1. The van der Waals surface area contributed by atoms with Crippen molar-refractivity contribution in [2.75, 3.05) is 55.6 Å². The van der Waals surface area contributed by atoms with Gasteiger partial charge in [-0.05, 0) is 75.3 Å². The molecule has 0 spiro atoms. The van der Waals surface area contributed by atoms with Crippen LogP contribution in [0.5, 0.6) is 0 Å². The van der Waals surface area contributed by atoms with Gasteiger partial charge < -0.3 is 30.6 Å². The summed E-state index contributed by atoms with van der Waals surface area (Å²) in [6.07, 6.45) is -3.41. The van der Waals surface area contributed by atoms with Gasteiger partial charge >= 0.3 is 18.3 Å². The average Bonchev–Trinajstić information content (AvgIpc) is 3.48. The summed E-state index contributed by atoms with van der Waals surface area (Å²) < 4.78 is 49.5. The van der Waals surface area contributed by atoms with Crippen LogP contribution in [-0.4, -0.2) is 92.1 Å². The number of benzene rings is 2. The summed E-state index contributed by atoms with van der Waals surface area (Å²) in [5.74, 6) is 5.64. The van der Waals surface area contributed by atoms with E-state index in [1.54, 1.807) is 58.2 Å². The maximum Gasteiger partial charge on any atom is 0.417 e. The van der Waals surface area contributed by atoms with Gasteiger partial charge in [-0.3, -0.25) is 9.69 Å². The van der Waals surface area contributed by atoms with Gasteiger partial charge in [-0.1, -0.05) is 24.8 Å². The predicted octanol–water partition coefficient (Wildman–Crippen LogP) is 6.20. The molecule has 0 atom stereocenters. The maximum atomic E-state index is 14.1. The lowest BCUT2D eigenvalue weighted by Gasteiger charge is -2.34. The van der Waals surface area contributed by atoms with Gasteiger partial charge in [-0.2, -0.15) is 13.2 Å². The van der Waals surface area contributed by atoms with E-state index in [2.05, 4.69) is 44.3 Å². The Morgan fingerprint density at radius 2 is 1.59 bits per heavy atom. The minimum absolute atomic E-state index is 0.00626. The first-order valence-corrected chi connectivity index (χ1v) is 18.2. The predicted molar refractivity (Wildman–Crippen MR) is 206 cm³/mol. The van der Waals surface area contributed by atoms with E-state index in [0.717, 1.165) is 36.3 Å². The van der Waals surface area contributed by atoms with Crippen molar-refractivity contribution in [3.8, 4) is 23.2 Å². The summed E-state index contributed by atoms with van der Waals surface area (Å²) in [7, 11) is 1.79. The van der Waals surface area contributed by atoms with Crippen LogP contribution in [0.4, 0.5) is 40.1 Å². The highest BCUT2D eigenvalue weighted by atomic mass is 19.4. The topological polar surface area (TPSA) is 151 Å². The number of imide groups is 1. The number of nitrogens with two attached hydrogens (primary N) is 1. The number of ether oxygens (including phenoxy) is 1. The van der Waals surface area contributed by atoms with Crippen molar-refractivity contribution < 1.29 is 32.3 Å². The first-order chi connectivity index (χ1) is 26.5. The van der Waals surface area contributed by atoms with Crippen molar-refractivity contribution in [1.29, 1.82) is 0 Å². The highest BCUT2D eigenvalue weighted by molar-refractivity contribution is 6.05. The quantitative estimate of drug-likeness (QED) is 0.195. The van der Waals surface area contributed by atoms with Crippen LogP contribution in [-0.2, 0) is 30.9 Å². The number of alkyl halides is 3. The minimum atomic E-state index is -4.59. The Morgan fingerprint density at radius 1 is 0.929 bits per heavy atom. The van der Waals surface area contributed by atoms with Crippen LogP contribution in [0.15, 0.2) is 54.7 Å². The van der Waals surface area contributed by atoms with Gasteiger partial charge in [0.15, 0.2) is 0 Å². The Morgan fingerprint density at radius 3 is 2.25 bits per heavy atom. The largest absolute Gasteiger partial charge is 0.443 e. The Bertz CT molecular complexity index is 2190. The summed E-state index contributed by atoms with van der Waals surface area (Å²) in [6.45, 7) is 11.5. The number of hydrogen-bond acceptors (Lipinski definition) is 9. The fourth-order valence-electron chi connectivity index (χ4n) is 6.63. The molecule has 6 rings (SSSR count). The summed E-state index contributed by atoms with van der Waals surface area (Å²) in [5, 5.41) is 5.15. The average molecular weight is 772 g/mol. The number of amides is 4. The molecule has 1 fully saturated rings. The molecule has 16 heteroatoms. The van der Waals surface area contributed by atoms with E-state index in [-0.39, 0.29) is 30.3 Å². The second-order valence-electron chi connectivity index (χ2n) is 14.6. The van der Waals surface area contributed by atoms with Crippen LogP contribution in [0.25, 0.3) is 11.4 Å². The highest BCUT2D eigenvalue weighted by Crippen LogP contribution is 2.35.